The molecule has 0 radical (unpaired) electrons. The molecule has 0 atom stereocenters. The van der Waals surface area contributed by atoms with Crippen LogP contribution in [0.1, 0.15) is 5.69 Å². The van der Waals surface area contributed by atoms with Gasteiger partial charge in [-0.15, -0.1) is 0 Å². The molecule has 0 aliphatic heterocycles. The van der Waals surface area contributed by atoms with Crippen molar-refractivity contribution in [2.75, 3.05) is 4.72 Å². The quantitative estimate of drug-likeness (QED) is 0.939. The predicted molar refractivity (Wildman–Crippen MR) is 66.1 cm³/mol. The average Bonchev–Trinajstić information content (AvgIpc) is 2.42. The Morgan fingerprint density at radius 2 is 2.00 bits per heavy atom. The van der Waals surface area contributed by atoms with Crippen LogP contribution in [0.5, 0.6) is 0 Å². The lowest BCUT2D eigenvalue weighted by Gasteiger charge is -2.09. The summed E-state index contributed by atoms with van der Waals surface area (Å²) in [6.07, 6.45) is 1.25. The summed E-state index contributed by atoms with van der Waals surface area (Å²) in [4.78, 5) is 3.19. The molecular formula is C12H7F2N3O2S. The molecule has 8 heteroatoms. The van der Waals surface area contributed by atoms with E-state index in [1.807, 2.05) is 4.72 Å². The molecule has 0 unspecified atom stereocenters. The first-order valence-electron chi connectivity index (χ1n) is 5.27. The molecule has 0 bridgehead atoms. The van der Waals surface area contributed by atoms with Crippen LogP contribution in [0.4, 0.5) is 14.5 Å². The van der Waals surface area contributed by atoms with Crippen molar-refractivity contribution in [3.05, 3.63) is 53.9 Å². The van der Waals surface area contributed by atoms with Crippen LogP contribution in [0, 0.1) is 23.0 Å². The van der Waals surface area contributed by atoms with Crippen LogP contribution in [0.25, 0.3) is 0 Å². The Morgan fingerprint density at radius 1 is 1.25 bits per heavy atom. The van der Waals surface area contributed by atoms with E-state index in [1.165, 1.54) is 12.3 Å². The predicted octanol–water partition coefficient (Wildman–Crippen LogP) is 2.03. The lowest BCUT2D eigenvalue weighted by Crippen LogP contribution is -2.16. The second-order valence-corrected chi connectivity index (χ2v) is 5.34. The fraction of sp³-hybridized carbons (Fsp3) is 0. The van der Waals surface area contributed by atoms with Crippen molar-refractivity contribution in [1.82, 2.24) is 4.98 Å². The van der Waals surface area contributed by atoms with E-state index in [2.05, 4.69) is 4.98 Å². The van der Waals surface area contributed by atoms with E-state index in [1.54, 1.807) is 6.07 Å². The third-order valence-corrected chi connectivity index (χ3v) is 3.74. The van der Waals surface area contributed by atoms with Crippen molar-refractivity contribution in [2.24, 2.45) is 0 Å². The normalized spacial score (nSPS) is 10.8. The number of aromatic nitrogens is 1. The molecule has 1 aromatic heterocycles. The smallest absolute Gasteiger partial charge is 0.264 e. The minimum absolute atomic E-state index is 0.336. The maximum atomic E-state index is 13.4. The number of sulfonamides is 1. The van der Waals surface area contributed by atoms with Crippen LogP contribution in [0.3, 0.4) is 0 Å². The van der Waals surface area contributed by atoms with Gasteiger partial charge in [0.1, 0.15) is 22.6 Å². The van der Waals surface area contributed by atoms with Gasteiger partial charge in [0.05, 0.1) is 5.69 Å². The number of nitriles is 1. The zero-order chi connectivity index (χ0) is 14.8. The van der Waals surface area contributed by atoms with Crippen molar-refractivity contribution in [3.63, 3.8) is 0 Å². The number of halogens is 2. The fourth-order valence-corrected chi connectivity index (χ4v) is 2.63. The molecule has 102 valence electrons. The van der Waals surface area contributed by atoms with Crippen LogP contribution in [-0.4, -0.2) is 13.4 Å². The van der Waals surface area contributed by atoms with Crippen LogP contribution in [-0.2, 0) is 10.0 Å². The van der Waals surface area contributed by atoms with Crippen molar-refractivity contribution in [1.29, 1.82) is 5.26 Å². The molecule has 0 fully saturated rings. The fourth-order valence-electron chi connectivity index (χ4n) is 1.47. The first-order valence-corrected chi connectivity index (χ1v) is 6.75. The lowest BCUT2D eigenvalue weighted by molar-refractivity contribution is 0.594. The van der Waals surface area contributed by atoms with Gasteiger partial charge >= 0.3 is 0 Å². The highest BCUT2D eigenvalue weighted by Gasteiger charge is 2.21. The van der Waals surface area contributed by atoms with E-state index in [4.69, 9.17) is 5.26 Å². The number of pyridine rings is 1. The second-order valence-electron chi connectivity index (χ2n) is 3.69. The van der Waals surface area contributed by atoms with Crippen LogP contribution >= 0.6 is 0 Å². The summed E-state index contributed by atoms with van der Waals surface area (Å²) in [5.74, 6) is -1.73. The lowest BCUT2D eigenvalue weighted by atomic mass is 10.3. The van der Waals surface area contributed by atoms with Crippen molar-refractivity contribution in [2.45, 2.75) is 4.90 Å². The first-order chi connectivity index (χ1) is 9.44. The van der Waals surface area contributed by atoms with Crippen LogP contribution in [0.15, 0.2) is 41.4 Å². The molecule has 0 spiro atoms. The van der Waals surface area contributed by atoms with E-state index in [9.17, 15) is 17.2 Å². The van der Waals surface area contributed by atoms with Crippen molar-refractivity contribution < 1.29 is 17.2 Å². The van der Waals surface area contributed by atoms with E-state index in [0.29, 0.717) is 6.07 Å². The van der Waals surface area contributed by atoms with Gasteiger partial charge in [-0.25, -0.2) is 22.2 Å². The van der Waals surface area contributed by atoms with Crippen molar-refractivity contribution in [3.8, 4) is 6.07 Å². The average molecular weight is 295 g/mol. The Morgan fingerprint density at radius 3 is 2.70 bits per heavy atom. The van der Waals surface area contributed by atoms with Crippen molar-refractivity contribution >= 4 is 15.7 Å². The minimum atomic E-state index is -4.24. The number of hydrogen-bond acceptors (Lipinski definition) is 4. The van der Waals surface area contributed by atoms with Gasteiger partial charge in [-0.1, -0.05) is 0 Å². The molecule has 20 heavy (non-hydrogen) atoms. The largest absolute Gasteiger partial charge is 0.276 e. The van der Waals surface area contributed by atoms with Crippen LogP contribution in [0.2, 0.25) is 0 Å². The van der Waals surface area contributed by atoms with E-state index in [0.717, 1.165) is 18.2 Å². The minimum Gasteiger partial charge on any atom is -0.276 e. The standard InChI is InChI=1S/C12H7F2N3O2S/c13-8-3-4-9(14)10(6-8)17-20(18,19)12-2-1-5-16-11(12)7-15/h1-6,17H. The van der Waals surface area contributed by atoms with E-state index in [-0.39, 0.29) is 5.69 Å². The third-order valence-electron chi connectivity index (χ3n) is 2.34. The Balaban J connectivity index is 2.47. The molecule has 0 aliphatic carbocycles. The Kier molecular flexibility index (Phi) is 3.63. The molecule has 2 rings (SSSR count). The Bertz CT molecular complexity index is 801. The summed E-state index contributed by atoms with van der Waals surface area (Å²) in [5.41, 5.74) is -0.880. The molecule has 0 saturated carbocycles. The highest BCUT2D eigenvalue weighted by atomic mass is 32.2. The highest BCUT2D eigenvalue weighted by molar-refractivity contribution is 7.92. The van der Waals surface area contributed by atoms with E-state index >= 15 is 0 Å². The Hall–Kier alpha value is -2.53. The molecule has 5 nitrogen and oxygen atoms in total. The number of nitrogens with zero attached hydrogens (tertiary/aromatic N) is 2. The molecule has 1 N–H and O–H groups in total. The molecule has 0 aliphatic rings. The van der Waals surface area contributed by atoms with Gasteiger partial charge < -0.3 is 0 Å². The van der Waals surface area contributed by atoms with Gasteiger partial charge in [0.25, 0.3) is 10.0 Å². The summed E-state index contributed by atoms with van der Waals surface area (Å²) < 4.78 is 52.4. The number of anilines is 1. The maximum Gasteiger partial charge on any atom is 0.264 e. The SMILES string of the molecule is N#Cc1ncccc1S(=O)(=O)Nc1cc(F)ccc1F. The van der Waals surface area contributed by atoms with Gasteiger partial charge in [0, 0.05) is 12.3 Å². The van der Waals surface area contributed by atoms with Crippen LogP contribution < -0.4 is 4.72 Å². The molecule has 1 heterocycles. The molecule has 1 aromatic carbocycles. The topological polar surface area (TPSA) is 82.8 Å². The first kappa shape index (κ1) is 13.9. The molecule has 0 saturated heterocycles. The zero-order valence-electron chi connectivity index (χ0n) is 9.84. The van der Waals surface area contributed by atoms with E-state index < -0.39 is 32.2 Å². The summed E-state index contributed by atoms with van der Waals surface area (Å²) in [5, 5.41) is 8.81. The summed E-state index contributed by atoms with van der Waals surface area (Å²) in [7, 11) is -4.24. The highest BCUT2D eigenvalue weighted by Crippen LogP contribution is 2.21. The number of hydrogen-bond donors (Lipinski definition) is 1. The van der Waals surface area contributed by atoms with Gasteiger partial charge in [-0.2, -0.15) is 5.26 Å². The van der Waals surface area contributed by atoms with Gasteiger partial charge in [0.15, 0.2) is 5.69 Å². The molecule has 2 aromatic rings. The van der Waals surface area contributed by atoms with Gasteiger partial charge in [-0.3, -0.25) is 4.72 Å². The molecule has 0 amide bonds. The number of benzene rings is 1. The monoisotopic (exact) mass is 295 g/mol. The summed E-state index contributed by atoms with van der Waals surface area (Å²) in [6, 6.07) is 6.43. The van der Waals surface area contributed by atoms with Gasteiger partial charge in [-0.05, 0) is 24.3 Å². The molecular weight excluding hydrogens is 288 g/mol. The third kappa shape index (κ3) is 2.73. The van der Waals surface area contributed by atoms with Gasteiger partial charge in [0.2, 0.25) is 0 Å². The maximum absolute atomic E-state index is 13.4. The Labute approximate surface area is 113 Å². The number of rotatable bonds is 3. The zero-order valence-corrected chi connectivity index (χ0v) is 10.7. The summed E-state index contributed by atoms with van der Waals surface area (Å²) >= 11 is 0. The summed E-state index contributed by atoms with van der Waals surface area (Å²) in [6.45, 7) is 0. The second kappa shape index (κ2) is 5.22. The number of nitrogens with one attached hydrogen (secondary N) is 1.